The zero-order valence-corrected chi connectivity index (χ0v) is 12.3. The molecule has 2 rings (SSSR count). The van der Waals surface area contributed by atoms with Crippen molar-refractivity contribution in [1.82, 2.24) is 9.97 Å². The molecule has 0 aliphatic carbocycles. The molecule has 4 nitrogen and oxygen atoms in total. The zero-order chi connectivity index (χ0) is 15.8. The predicted octanol–water partition coefficient (Wildman–Crippen LogP) is 3.62. The summed E-state index contributed by atoms with van der Waals surface area (Å²) in [5.74, 6) is -1.73. The Labute approximate surface area is 121 Å². The summed E-state index contributed by atoms with van der Waals surface area (Å²) in [5, 5.41) is 0. The molecule has 0 spiro atoms. The van der Waals surface area contributed by atoms with E-state index in [1.807, 2.05) is 0 Å². The van der Waals surface area contributed by atoms with Gasteiger partial charge in [0.2, 0.25) is 0 Å². The van der Waals surface area contributed by atoms with E-state index < -0.39 is 23.2 Å². The summed E-state index contributed by atoms with van der Waals surface area (Å²) < 4.78 is 32.2. The second-order valence-corrected chi connectivity index (χ2v) is 5.69. The lowest BCUT2D eigenvalue weighted by Gasteiger charge is -2.18. The van der Waals surface area contributed by atoms with E-state index in [1.165, 1.54) is 0 Å². The van der Waals surface area contributed by atoms with Gasteiger partial charge >= 0.3 is 5.97 Å². The summed E-state index contributed by atoms with van der Waals surface area (Å²) in [7, 11) is 0. The highest BCUT2D eigenvalue weighted by Crippen LogP contribution is 2.23. The fourth-order valence-electron chi connectivity index (χ4n) is 1.79. The van der Waals surface area contributed by atoms with Crippen molar-refractivity contribution in [1.29, 1.82) is 0 Å². The van der Waals surface area contributed by atoms with Gasteiger partial charge < -0.3 is 9.72 Å². The van der Waals surface area contributed by atoms with Crippen LogP contribution in [0.1, 0.15) is 37.0 Å². The summed E-state index contributed by atoms with van der Waals surface area (Å²) in [5.41, 5.74) is -0.202. The van der Waals surface area contributed by atoms with Gasteiger partial charge in [0.05, 0.1) is 5.56 Å². The first kappa shape index (κ1) is 15.2. The Kier molecular flexibility index (Phi) is 3.80. The van der Waals surface area contributed by atoms with Gasteiger partial charge in [-0.2, -0.15) is 0 Å². The number of nitrogens with zero attached hydrogens (tertiary/aromatic N) is 1. The van der Waals surface area contributed by atoms with E-state index in [4.69, 9.17) is 4.74 Å². The van der Waals surface area contributed by atoms with Crippen molar-refractivity contribution in [2.75, 3.05) is 0 Å². The molecule has 0 aliphatic rings. The van der Waals surface area contributed by atoms with E-state index in [2.05, 4.69) is 9.97 Å². The van der Waals surface area contributed by atoms with Crippen LogP contribution in [-0.2, 0) is 4.74 Å². The van der Waals surface area contributed by atoms with Crippen LogP contribution in [0.15, 0.2) is 18.2 Å². The number of carbonyl (C=O) groups is 1. The number of H-pyrrole nitrogens is 1. The number of aromatic nitrogens is 2. The van der Waals surface area contributed by atoms with Crippen LogP contribution in [-0.4, -0.2) is 21.5 Å². The van der Waals surface area contributed by atoms with Gasteiger partial charge in [0.25, 0.3) is 0 Å². The maximum atomic E-state index is 13.7. The van der Waals surface area contributed by atoms with Gasteiger partial charge in [0.15, 0.2) is 5.69 Å². The number of nitrogens with one attached hydrogen (secondary N) is 1. The minimum atomic E-state index is -0.660. The molecule has 6 heteroatoms. The van der Waals surface area contributed by atoms with Gasteiger partial charge in [-0.15, -0.1) is 0 Å². The maximum absolute atomic E-state index is 13.7. The minimum absolute atomic E-state index is 0.0343. The quantitative estimate of drug-likeness (QED) is 0.861. The highest BCUT2D eigenvalue weighted by molar-refractivity contribution is 5.89. The molecule has 0 aliphatic heterocycles. The highest BCUT2D eigenvalue weighted by Gasteiger charge is 2.23. The summed E-state index contributed by atoms with van der Waals surface area (Å²) in [6.45, 7) is 6.83. The van der Waals surface area contributed by atoms with Gasteiger partial charge in [-0.3, -0.25) is 0 Å². The summed E-state index contributed by atoms with van der Waals surface area (Å²) in [6, 6.07) is 3.05. The number of hydrogen-bond donors (Lipinski definition) is 1. The van der Waals surface area contributed by atoms with Crippen LogP contribution >= 0.6 is 0 Å². The number of benzene rings is 1. The normalized spacial score (nSPS) is 11.5. The molecule has 2 aromatic rings. The lowest BCUT2D eigenvalue weighted by atomic mass is 10.2. The van der Waals surface area contributed by atoms with Crippen LogP contribution in [0.5, 0.6) is 0 Å². The molecule has 0 unspecified atom stereocenters. The van der Waals surface area contributed by atoms with E-state index in [1.54, 1.807) is 27.7 Å². The number of esters is 1. The topological polar surface area (TPSA) is 55.0 Å². The Morgan fingerprint density at radius 1 is 1.29 bits per heavy atom. The third kappa shape index (κ3) is 3.45. The number of halogens is 2. The van der Waals surface area contributed by atoms with Crippen molar-refractivity contribution in [3.05, 3.63) is 41.2 Å². The summed E-state index contributed by atoms with van der Waals surface area (Å²) >= 11 is 0. The Bertz CT molecular complexity index is 687. The maximum Gasteiger partial charge on any atom is 0.359 e. The third-order valence-corrected chi connectivity index (χ3v) is 2.66. The molecule has 1 aromatic carbocycles. The lowest BCUT2D eigenvalue weighted by molar-refractivity contribution is 0.00627. The van der Waals surface area contributed by atoms with Crippen molar-refractivity contribution < 1.29 is 18.3 Å². The van der Waals surface area contributed by atoms with Gasteiger partial charge in [-0.1, -0.05) is 0 Å². The first-order chi connectivity index (χ1) is 9.67. The van der Waals surface area contributed by atoms with Crippen LogP contribution in [0.4, 0.5) is 8.78 Å². The number of aryl methyl sites for hydroxylation is 1. The van der Waals surface area contributed by atoms with Crippen molar-refractivity contribution in [2.45, 2.75) is 33.3 Å². The molecular weight excluding hydrogens is 278 g/mol. The van der Waals surface area contributed by atoms with Crippen molar-refractivity contribution in [3.8, 4) is 11.4 Å². The van der Waals surface area contributed by atoms with Crippen LogP contribution < -0.4 is 0 Å². The van der Waals surface area contributed by atoms with Crippen molar-refractivity contribution >= 4 is 5.97 Å². The average molecular weight is 294 g/mol. The molecule has 21 heavy (non-hydrogen) atoms. The smallest absolute Gasteiger partial charge is 0.359 e. The van der Waals surface area contributed by atoms with Gasteiger partial charge in [-0.05, 0) is 45.9 Å². The zero-order valence-electron chi connectivity index (χ0n) is 12.3. The monoisotopic (exact) mass is 294 g/mol. The van der Waals surface area contributed by atoms with Gasteiger partial charge in [-0.25, -0.2) is 18.6 Å². The molecular formula is C15H16F2N2O2. The molecule has 0 amide bonds. The van der Waals surface area contributed by atoms with Gasteiger partial charge in [0, 0.05) is 5.69 Å². The van der Waals surface area contributed by atoms with E-state index in [9.17, 15) is 13.6 Å². The molecule has 0 radical (unpaired) electrons. The second kappa shape index (κ2) is 5.27. The Hall–Kier alpha value is -2.24. The molecule has 0 saturated carbocycles. The number of imidazole rings is 1. The molecule has 1 heterocycles. The SMILES string of the molecule is Cc1[nH]c(-c2cc(F)ccc2F)nc1C(=O)OC(C)(C)C. The van der Waals surface area contributed by atoms with Crippen molar-refractivity contribution in [2.24, 2.45) is 0 Å². The van der Waals surface area contributed by atoms with E-state index in [-0.39, 0.29) is 17.1 Å². The number of ether oxygens (including phenoxy) is 1. The Morgan fingerprint density at radius 3 is 2.57 bits per heavy atom. The number of aromatic amines is 1. The van der Waals surface area contributed by atoms with Crippen LogP contribution in [0.25, 0.3) is 11.4 Å². The average Bonchev–Trinajstić information content (AvgIpc) is 2.72. The standard InChI is InChI=1S/C15H16F2N2O2/c1-8-12(14(20)21-15(2,3)4)19-13(18-8)10-7-9(16)5-6-11(10)17/h5-7H,1-4H3,(H,18,19). The molecule has 0 bridgehead atoms. The predicted molar refractivity (Wildman–Crippen MR) is 73.8 cm³/mol. The fraction of sp³-hybridized carbons (Fsp3) is 0.333. The first-order valence-electron chi connectivity index (χ1n) is 6.43. The fourth-order valence-corrected chi connectivity index (χ4v) is 1.79. The van der Waals surface area contributed by atoms with Crippen LogP contribution in [0.2, 0.25) is 0 Å². The third-order valence-electron chi connectivity index (χ3n) is 2.66. The Morgan fingerprint density at radius 2 is 1.95 bits per heavy atom. The largest absolute Gasteiger partial charge is 0.455 e. The summed E-state index contributed by atoms with van der Waals surface area (Å²) in [4.78, 5) is 18.8. The van der Waals surface area contributed by atoms with E-state index in [0.29, 0.717) is 5.69 Å². The molecule has 0 atom stereocenters. The summed E-state index contributed by atoms with van der Waals surface area (Å²) in [6.07, 6.45) is 0. The Balaban J connectivity index is 2.39. The second-order valence-electron chi connectivity index (χ2n) is 5.69. The van der Waals surface area contributed by atoms with Gasteiger partial charge in [0.1, 0.15) is 23.1 Å². The molecule has 1 aromatic heterocycles. The van der Waals surface area contributed by atoms with Crippen LogP contribution in [0.3, 0.4) is 0 Å². The first-order valence-corrected chi connectivity index (χ1v) is 6.43. The highest BCUT2D eigenvalue weighted by atomic mass is 19.1. The molecule has 0 saturated heterocycles. The number of rotatable bonds is 2. The molecule has 0 fully saturated rings. The molecule has 1 N–H and O–H groups in total. The molecule has 112 valence electrons. The van der Waals surface area contributed by atoms with E-state index >= 15 is 0 Å². The number of hydrogen-bond acceptors (Lipinski definition) is 3. The van der Waals surface area contributed by atoms with Crippen LogP contribution in [0, 0.1) is 18.6 Å². The minimum Gasteiger partial charge on any atom is -0.455 e. The van der Waals surface area contributed by atoms with Crippen molar-refractivity contribution in [3.63, 3.8) is 0 Å². The number of carbonyl (C=O) groups excluding carboxylic acids is 1. The lowest BCUT2D eigenvalue weighted by Crippen LogP contribution is -2.24. The van der Waals surface area contributed by atoms with E-state index in [0.717, 1.165) is 18.2 Å².